The van der Waals surface area contributed by atoms with E-state index in [9.17, 15) is 0 Å². The van der Waals surface area contributed by atoms with Crippen molar-refractivity contribution in [3.8, 4) is 0 Å². The number of hydrogen-bond acceptors (Lipinski definition) is 1. The van der Waals surface area contributed by atoms with Crippen molar-refractivity contribution >= 4 is 17.8 Å². The van der Waals surface area contributed by atoms with E-state index in [1.54, 1.807) is 0 Å². The van der Waals surface area contributed by atoms with E-state index in [4.69, 9.17) is 11.6 Å². The van der Waals surface area contributed by atoms with Crippen LogP contribution in [0.15, 0.2) is 29.4 Å². The van der Waals surface area contributed by atoms with Crippen LogP contribution in [0, 0.1) is 0 Å². The van der Waals surface area contributed by atoms with Crippen molar-refractivity contribution in [1.29, 1.82) is 0 Å². The highest BCUT2D eigenvalue weighted by Crippen LogP contribution is 1.89. The van der Waals surface area contributed by atoms with Gasteiger partial charge >= 0.3 is 0 Å². The highest BCUT2D eigenvalue weighted by atomic mass is 35.5. The minimum atomic E-state index is 0.417. The zero-order valence-electron chi connectivity index (χ0n) is 3.89. The fourth-order valence-electron chi connectivity index (χ4n) is 0.134. The van der Waals surface area contributed by atoms with Gasteiger partial charge in [-0.1, -0.05) is 24.8 Å². The zero-order chi connectivity index (χ0) is 5.70. The van der Waals surface area contributed by atoms with Crippen molar-refractivity contribution < 1.29 is 0 Å². The van der Waals surface area contributed by atoms with Crippen LogP contribution >= 0.6 is 11.6 Å². The monoisotopic (exact) mass is 115 g/mol. The molecule has 0 amide bonds. The Morgan fingerprint density at radius 2 is 2.29 bits per heavy atom. The van der Waals surface area contributed by atoms with Crippen LogP contribution in [0.3, 0.4) is 0 Å². The van der Waals surface area contributed by atoms with Gasteiger partial charge in [-0.15, -0.1) is 0 Å². The molecule has 7 heavy (non-hydrogen) atoms. The lowest BCUT2D eigenvalue weighted by atomic mass is 10.7. The Balaban J connectivity index is 3.46. The molecule has 0 bridgehead atoms. The maximum Gasteiger partial charge on any atom is 0.0517 e. The molecule has 0 aromatic rings. The van der Waals surface area contributed by atoms with Crippen LogP contribution in [0.2, 0.25) is 0 Å². The van der Waals surface area contributed by atoms with Crippen molar-refractivity contribution in [3.05, 3.63) is 24.4 Å². The highest BCUT2D eigenvalue weighted by molar-refractivity contribution is 6.38. The molecule has 0 aliphatic carbocycles. The molecule has 0 rings (SSSR count). The Hall–Kier alpha value is -0.560. The zero-order valence-corrected chi connectivity index (χ0v) is 4.65. The average Bonchev–Trinajstić information content (AvgIpc) is 1.61. The molecule has 0 radical (unpaired) electrons. The molecule has 1 nitrogen and oxygen atoms in total. The van der Waals surface area contributed by atoms with Crippen LogP contribution in [0.5, 0.6) is 0 Å². The lowest BCUT2D eigenvalue weighted by Gasteiger charge is -1.73. The van der Waals surface area contributed by atoms with Crippen LogP contribution in [-0.2, 0) is 0 Å². The summed E-state index contributed by atoms with van der Waals surface area (Å²) in [6.07, 6.45) is 2.82. The molecule has 0 spiro atoms. The normalized spacial score (nSPS) is 9.29. The summed E-state index contributed by atoms with van der Waals surface area (Å²) in [4.78, 5) is 3.58. The first-order valence-corrected chi connectivity index (χ1v) is 2.13. The maximum absolute atomic E-state index is 5.26. The number of allylic oxidation sites excluding steroid dienone is 1. The molecule has 0 fully saturated rings. The summed E-state index contributed by atoms with van der Waals surface area (Å²) in [5.74, 6) is 0. The first-order valence-electron chi connectivity index (χ1n) is 1.76. The molecule has 0 aliphatic heterocycles. The van der Waals surface area contributed by atoms with Crippen LogP contribution in [0.1, 0.15) is 0 Å². The lowest BCUT2D eigenvalue weighted by molar-refractivity contribution is 1.62. The van der Waals surface area contributed by atoms with Crippen molar-refractivity contribution in [2.75, 3.05) is 0 Å². The van der Waals surface area contributed by atoms with E-state index in [1.807, 2.05) is 0 Å². The second kappa shape index (κ2) is 3.62. The number of nitrogens with zero attached hydrogens (tertiary/aromatic N) is 1. The molecule has 38 valence electrons. The van der Waals surface area contributed by atoms with Gasteiger partial charge < -0.3 is 0 Å². The fraction of sp³-hybridized carbons (Fsp3) is 0. The Kier molecular flexibility index (Phi) is 3.33. The van der Waals surface area contributed by atoms with E-state index in [0.717, 1.165) is 0 Å². The van der Waals surface area contributed by atoms with Gasteiger partial charge in [0.2, 0.25) is 0 Å². The molecule has 0 atom stereocenters. The van der Waals surface area contributed by atoms with E-state index in [1.165, 1.54) is 12.4 Å². The molecule has 0 unspecified atom stereocenters. The first-order chi connectivity index (χ1) is 3.27. The summed E-state index contributed by atoms with van der Waals surface area (Å²) in [7, 11) is 0. The summed E-state index contributed by atoms with van der Waals surface area (Å²) in [5.41, 5.74) is 0. The molecule has 0 heterocycles. The van der Waals surface area contributed by atoms with Gasteiger partial charge in [-0.2, -0.15) is 0 Å². The highest BCUT2D eigenvalue weighted by Gasteiger charge is 1.70. The van der Waals surface area contributed by atoms with Gasteiger partial charge in [0.1, 0.15) is 0 Å². The van der Waals surface area contributed by atoms with Crippen molar-refractivity contribution in [2.24, 2.45) is 4.99 Å². The molecule has 2 heteroatoms. The van der Waals surface area contributed by atoms with Gasteiger partial charge in [-0.3, -0.25) is 4.99 Å². The van der Waals surface area contributed by atoms with Gasteiger partial charge in [0.15, 0.2) is 0 Å². The second-order valence-corrected chi connectivity index (χ2v) is 1.39. The SMILES string of the molecule is C=C/N=C\C(=C)Cl. The van der Waals surface area contributed by atoms with Crippen LogP contribution in [-0.4, -0.2) is 6.21 Å². The fourth-order valence-corrected chi connectivity index (χ4v) is 0.190. The molecule has 0 aromatic carbocycles. The topological polar surface area (TPSA) is 12.4 Å². The summed E-state index contributed by atoms with van der Waals surface area (Å²) in [6, 6.07) is 0. The van der Waals surface area contributed by atoms with Gasteiger partial charge in [0, 0.05) is 12.4 Å². The Morgan fingerprint density at radius 3 is 2.43 bits per heavy atom. The van der Waals surface area contributed by atoms with Crippen LogP contribution in [0.4, 0.5) is 0 Å². The van der Waals surface area contributed by atoms with Crippen molar-refractivity contribution in [1.82, 2.24) is 0 Å². The Morgan fingerprint density at radius 1 is 1.71 bits per heavy atom. The first kappa shape index (κ1) is 6.44. The molecular weight excluding hydrogens is 110 g/mol. The van der Waals surface area contributed by atoms with Gasteiger partial charge in [-0.05, 0) is 0 Å². The average molecular weight is 116 g/mol. The Labute approximate surface area is 48.0 Å². The number of halogens is 1. The van der Waals surface area contributed by atoms with Gasteiger partial charge in [-0.25, -0.2) is 0 Å². The van der Waals surface area contributed by atoms with E-state index in [0.29, 0.717) is 5.03 Å². The third-order valence-corrected chi connectivity index (χ3v) is 0.418. The smallest absolute Gasteiger partial charge is 0.0517 e. The largest absolute Gasteiger partial charge is 0.264 e. The molecular formula is C5H6ClN. The minimum absolute atomic E-state index is 0.417. The van der Waals surface area contributed by atoms with E-state index in [-0.39, 0.29) is 0 Å². The third-order valence-electron chi connectivity index (χ3n) is 0.320. The molecule has 0 aliphatic rings. The van der Waals surface area contributed by atoms with Gasteiger partial charge in [0.25, 0.3) is 0 Å². The lowest BCUT2D eigenvalue weighted by Crippen LogP contribution is -1.63. The standard InChI is InChI=1S/C5H6ClN/c1-3-7-4-5(2)6/h3-4H,1-2H2/b7-4-. The van der Waals surface area contributed by atoms with E-state index in [2.05, 4.69) is 18.2 Å². The summed E-state index contributed by atoms with van der Waals surface area (Å²) in [5, 5.41) is 0.417. The Bertz CT molecular complexity index is 105. The minimum Gasteiger partial charge on any atom is -0.264 e. The quantitative estimate of drug-likeness (QED) is 0.488. The van der Waals surface area contributed by atoms with Crippen LogP contribution in [0.25, 0.3) is 0 Å². The van der Waals surface area contributed by atoms with Crippen molar-refractivity contribution in [3.63, 3.8) is 0 Å². The molecule has 0 saturated heterocycles. The van der Waals surface area contributed by atoms with E-state index < -0.39 is 0 Å². The number of hydrogen-bond donors (Lipinski definition) is 0. The molecule has 0 saturated carbocycles. The van der Waals surface area contributed by atoms with E-state index >= 15 is 0 Å². The van der Waals surface area contributed by atoms with Crippen LogP contribution < -0.4 is 0 Å². The van der Waals surface area contributed by atoms with Crippen molar-refractivity contribution in [2.45, 2.75) is 0 Å². The molecule has 0 N–H and O–H groups in total. The third kappa shape index (κ3) is 5.44. The number of rotatable bonds is 2. The second-order valence-electron chi connectivity index (χ2n) is 0.908. The molecule has 0 aromatic heterocycles. The van der Waals surface area contributed by atoms with Gasteiger partial charge in [0.05, 0.1) is 5.03 Å². The predicted octanol–water partition coefficient (Wildman–Crippen LogP) is 1.95. The number of aliphatic imine (C=N–C) groups is 1. The summed E-state index contributed by atoms with van der Waals surface area (Å²) in [6.45, 7) is 6.70. The predicted molar refractivity (Wildman–Crippen MR) is 33.7 cm³/mol. The summed E-state index contributed by atoms with van der Waals surface area (Å²) < 4.78 is 0. The maximum atomic E-state index is 5.26. The summed E-state index contributed by atoms with van der Waals surface area (Å²) >= 11 is 5.26.